The zero-order chi connectivity index (χ0) is 37.1. The summed E-state index contributed by atoms with van der Waals surface area (Å²) in [4.78, 5) is 56.0. The van der Waals surface area contributed by atoms with Crippen LogP contribution in [-0.2, 0) is 14.3 Å². The van der Waals surface area contributed by atoms with Crippen LogP contribution in [0.15, 0.2) is 107 Å². The molecule has 1 aliphatic rings. The lowest BCUT2D eigenvalue weighted by Crippen LogP contribution is -2.40. The predicted molar refractivity (Wildman–Crippen MR) is 191 cm³/mol. The minimum atomic E-state index is -1.01. The lowest BCUT2D eigenvalue weighted by molar-refractivity contribution is -0.385. The summed E-state index contributed by atoms with van der Waals surface area (Å²) < 4.78 is 24.7. The summed E-state index contributed by atoms with van der Waals surface area (Å²) >= 11 is 1.10. The summed E-state index contributed by atoms with van der Waals surface area (Å²) in [6, 6.07) is 17.5. The second-order valence-electron chi connectivity index (χ2n) is 11.3. The van der Waals surface area contributed by atoms with Crippen molar-refractivity contribution in [2.75, 3.05) is 20.8 Å². The number of esters is 2. The molecule has 0 bridgehead atoms. The quantitative estimate of drug-likeness (QED) is 0.0615. The van der Waals surface area contributed by atoms with Crippen molar-refractivity contribution in [2.24, 2.45) is 4.99 Å². The van der Waals surface area contributed by atoms with E-state index >= 15 is 0 Å². The van der Waals surface area contributed by atoms with Crippen LogP contribution in [0.1, 0.15) is 31.0 Å². The lowest BCUT2D eigenvalue weighted by atomic mass is 9.95. The van der Waals surface area contributed by atoms with Crippen molar-refractivity contribution in [1.82, 2.24) is 14.3 Å². The standard InChI is InChI=1S/C37H31N5O9S/c1-6-16-50-36(45)32-21(2)38-37-41(34(32)24-13-15-29(51-22(3)43)30(18-24)49-5)35(44)31(52-37)19-25-20-40(26-10-8-7-9-11-26)39-33(25)23-12-14-28(48-4)27(17-23)42(46)47/h6-15,17-20,34H,1,16H2,2-5H3/b31-19-. The number of ether oxygens (including phenoxy) is 4. The second kappa shape index (κ2) is 14.7. The van der Waals surface area contributed by atoms with E-state index in [1.807, 2.05) is 30.3 Å². The maximum Gasteiger partial charge on any atom is 0.338 e. The van der Waals surface area contributed by atoms with Crippen LogP contribution in [-0.4, -0.2) is 52.0 Å². The fourth-order valence-electron chi connectivity index (χ4n) is 5.76. The van der Waals surface area contributed by atoms with Crippen molar-refractivity contribution in [3.05, 3.63) is 138 Å². The minimum absolute atomic E-state index is 0.0703. The van der Waals surface area contributed by atoms with E-state index in [1.54, 1.807) is 42.1 Å². The Labute approximate surface area is 299 Å². The number of rotatable bonds is 11. The number of hydrogen-bond acceptors (Lipinski definition) is 12. The maximum atomic E-state index is 14.5. The van der Waals surface area contributed by atoms with E-state index in [-0.39, 0.29) is 39.6 Å². The molecule has 6 rings (SSSR count). The molecule has 1 aliphatic heterocycles. The smallest absolute Gasteiger partial charge is 0.338 e. The van der Waals surface area contributed by atoms with Gasteiger partial charge in [0.25, 0.3) is 5.56 Å². The first-order valence-corrected chi connectivity index (χ1v) is 16.5. The minimum Gasteiger partial charge on any atom is -0.493 e. The number of carbonyl (C=O) groups is 2. The number of carbonyl (C=O) groups excluding carboxylic acids is 2. The molecule has 3 aromatic carbocycles. The number of allylic oxidation sites excluding steroid dienone is 1. The molecule has 0 aliphatic carbocycles. The van der Waals surface area contributed by atoms with Gasteiger partial charge in [0.1, 0.15) is 12.3 Å². The van der Waals surface area contributed by atoms with Gasteiger partial charge in [-0.3, -0.25) is 24.3 Å². The Morgan fingerprint density at radius 3 is 2.44 bits per heavy atom. The zero-order valence-corrected chi connectivity index (χ0v) is 29.2. The van der Waals surface area contributed by atoms with Crippen LogP contribution in [0.2, 0.25) is 0 Å². The van der Waals surface area contributed by atoms with Gasteiger partial charge < -0.3 is 18.9 Å². The van der Waals surface area contributed by atoms with Gasteiger partial charge in [0.2, 0.25) is 0 Å². The molecule has 0 saturated heterocycles. The Hall–Kier alpha value is -6.61. The molecular formula is C37H31N5O9S. The van der Waals surface area contributed by atoms with Crippen molar-refractivity contribution in [3.8, 4) is 34.2 Å². The number of aromatic nitrogens is 3. The second-order valence-corrected chi connectivity index (χ2v) is 12.3. The monoisotopic (exact) mass is 721 g/mol. The molecule has 3 heterocycles. The average molecular weight is 722 g/mol. The molecule has 15 heteroatoms. The Balaban J connectivity index is 1.57. The third-order valence-electron chi connectivity index (χ3n) is 8.03. The normalized spacial score (nSPS) is 13.9. The Kier molecular flexibility index (Phi) is 9.96. The van der Waals surface area contributed by atoms with Crippen molar-refractivity contribution in [1.29, 1.82) is 0 Å². The van der Waals surface area contributed by atoms with E-state index in [4.69, 9.17) is 24.0 Å². The number of nitro benzene ring substituents is 1. The number of thiazole rings is 1. The molecule has 0 amide bonds. The Bertz CT molecular complexity index is 2460. The number of fused-ring (bicyclic) bond motifs is 1. The first kappa shape index (κ1) is 35.2. The highest BCUT2D eigenvalue weighted by Crippen LogP contribution is 2.37. The Morgan fingerprint density at radius 2 is 1.77 bits per heavy atom. The van der Waals surface area contributed by atoms with Crippen LogP contribution in [0.25, 0.3) is 23.0 Å². The summed E-state index contributed by atoms with van der Waals surface area (Å²) in [5.74, 6) is -0.806. The number of nitro groups is 1. The fraction of sp³-hybridized carbons (Fsp3) is 0.162. The average Bonchev–Trinajstić information content (AvgIpc) is 3.70. The van der Waals surface area contributed by atoms with Crippen LogP contribution in [0.3, 0.4) is 0 Å². The van der Waals surface area contributed by atoms with E-state index in [2.05, 4.69) is 11.6 Å². The van der Waals surface area contributed by atoms with Crippen molar-refractivity contribution < 1.29 is 33.5 Å². The SMILES string of the molecule is C=CCOC(=O)C1=C(C)N=c2s/c(=C\c3cn(-c4ccccc4)nc3-c3ccc(OC)c([N+](=O)[O-])c3)c(=O)n2C1c1ccc(OC(C)=O)c(OC)c1. The topological polar surface area (TPSA) is 166 Å². The molecule has 5 aromatic rings. The highest BCUT2D eigenvalue weighted by molar-refractivity contribution is 7.07. The number of para-hydroxylation sites is 1. The fourth-order valence-corrected chi connectivity index (χ4v) is 6.79. The molecule has 0 saturated carbocycles. The van der Waals surface area contributed by atoms with E-state index in [1.165, 1.54) is 50.0 Å². The molecule has 0 fully saturated rings. The summed E-state index contributed by atoms with van der Waals surface area (Å²) in [6.45, 7) is 6.46. The molecule has 1 atom stereocenters. The molecule has 14 nitrogen and oxygen atoms in total. The summed E-state index contributed by atoms with van der Waals surface area (Å²) in [5, 5.41) is 16.7. The van der Waals surface area contributed by atoms with E-state index < -0.39 is 28.5 Å². The number of nitrogens with zero attached hydrogens (tertiary/aromatic N) is 5. The van der Waals surface area contributed by atoms with Gasteiger partial charge in [-0.1, -0.05) is 48.3 Å². The molecule has 2 aromatic heterocycles. The molecule has 0 radical (unpaired) electrons. The van der Waals surface area contributed by atoms with Gasteiger partial charge in [-0.2, -0.15) is 5.10 Å². The van der Waals surface area contributed by atoms with Crippen LogP contribution in [0.4, 0.5) is 5.69 Å². The number of hydrogen-bond donors (Lipinski definition) is 0. The van der Waals surface area contributed by atoms with E-state index in [0.717, 1.165) is 17.0 Å². The van der Waals surface area contributed by atoms with Crippen LogP contribution < -0.4 is 29.1 Å². The van der Waals surface area contributed by atoms with Crippen molar-refractivity contribution >= 4 is 35.0 Å². The van der Waals surface area contributed by atoms with Crippen LogP contribution in [0.5, 0.6) is 17.2 Å². The molecular weight excluding hydrogens is 691 g/mol. The van der Waals surface area contributed by atoms with Gasteiger partial charge in [-0.15, -0.1) is 0 Å². The zero-order valence-electron chi connectivity index (χ0n) is 28.4. The summed E-state index contributed by atoms with van der Waals surface area (Å²) in [5.41, 5.74) is 2.18. The van der Waals surface area contributed by atoms with Gasteiger partial charge >= 0.3 is 17.6 Å². The molecule has 1 unspecified atom stereocenters. The van der Waals surface area contributed by atoms with E-state index in [0.29, 0.717) is 32.9 Å². The van der Waals surface area contributed by atoms with Gasteiger partial charge in [0, 0.05) is 30.3 Å². The van der Waals surface area contributed by atoms with Crippen LogP contribution >= 0.6 is 11.3 Å². The first-order valence-electron chi connectivity index (χ1n) is 15.7. The molecule has 0 spiro atoms. The highest BCUT2D eigenvalue weighted by atomic mass is 32.1. The molecule has 264 valence electrons. The Morgan fingerprint density at radius 1 is 1.04 bits per heavy atom. The van der Waals surface area contributed by atoms with Gasteiger partial charge in [-0.05, 0) is 55.0 Å². The summed E-state index contributed by atoms with van der Waals surface area (Å²) in [6.07, 6.45) is 4.79. The highest BCUT2D eigenvalue weighted by Gasteiger charge is 2.34. The van der Waals surface area contributed by atoms with E-state index in [9.17, 15) is 24.5 Å². The first-order chi connectivity index (χ1) is 25.0. The number of benzene rings is 3. The molecule has 0 N–H and O–H groups in total. The summed E-state index contributed by atoms with van der Waals surface area (Å²) in [7, 11) is 2.75. The van der Waals surface area contributed by atoms with Crippen LogP contribution in [0, 0.1) is 10.1 Å². The van der Waals surface area contributed by atoms with Crippen molar-refractivity contribution in [2.45, 2.75) is 19.9 Å². The largest absolute Gasteiger partial charge is 0.493 e. The van der Waals surface area contributed by atoms with Gasteiger partial charge in [0.15, 0.2) is 22.0 Å². The maximum absolute atomic E-state index is 14.5. The van der Waals surface area contributed by atoms with Gasteiger partial charge in [0.05, 0.1) is 46.7 Å². The lowest BCUT2D eigenvalue weighted by Gasteiger charge is -2.25. The predicted octanol–water partition coefficient (Wildman–Crippen LogP) is 4.67. The third-order valence-corrected chi connectivity index (χ3v) is 9.01. The third kappa shape index (κ3) is 6.76. The molecule has 52 heavy (non-hydrogen) atoms. The number of methoxy groups -OCH3 is 2. The van der Waals surface area contributed by atoms with Gasteiger partial charge in [-0.25, -0.2) is 14.5 Å². The van der Waals surface area contributed by atoms with Crippen molar-refractivity contribution in [3.63, 3.8) is 0 Å².